The highest BCUT2D eigenvalue weighted by atomic mass is 35.5. The molecule has 3 aliphatic rings. The first kappa shape index (κ1) is 23.6. The van der Waals surface area contributed by atoms with E-state index < -0.39 is 0 Å². The second-order valence-corrected chi connectivity index (χ2v) is 9.60. The number of ketones is 1. The maximum atomic E-state index is 13.3. The number of likely N-dealkylation sites (N-methyl/N-ethyl adjacent to an activating group) is 1. The number of benzene rings is 2. The molecule has 1 aromatic heterocycles. The standard InChI is InChI=1S/C27H29N5O2.ClH/c1-30-11-13-31(14-12-30)24-7-9-28-23-16-19-8-10-32(25(19)17-22(23)24)27(34)29-20-5-6-21-18(15-20)3-2-4-26(21)33;/h5-7,9,15-17H,2-4,8,10-14H2,1H3,(H,29,34);1H. The van der Waals surface area contributed by atoms with Crippen molar-refractivity contribution in [3.05, 3.63) is 59.3 Å². The Kier molecular flexibility index (Phi) is 6.38. The van der Waals surface area contributed by atoms with E-state index in [0.29, 0.717) is 13.0 Å². The number of hydrogen-bond donors (Lipinski definition) is 1. The van der Waals surface area contributed by atoms with Gasteiger partial charge in [0.05, 0.1) is 5.52 Å². The van der Waals surface area contributed by atoms with Crippen molar-refractivity contribution < 1.29 is 9.59 Å². The van der Waals surface area contributed by atoms with Gasteiger partial charge in [0, 0.05) is 73.4 Å². The molecule has 2 amide bonds. The Hall–Kier alpha value is -3.16. The Balaban J connectivity index is 0.00000253. The Morgan fingerprint density at radius 3 is 2.57 bits per heavy atom. The van der Waals surface area contributed by atoms with E-state index in [0.717, 1.165) is 84.4 Å². The third-order valence-electron chi connectivity index (χ3n) is 7.41. The molecule has 1 N–H and O–H groups in total. The molecule has 3 heterocycles. The van der Waals surface area contributed by atoms with Crippen molar-refractivity contribution in [1.29, 1.82) is 0 Å². The monoisotopic (exact) mass is 491 g/mol. The van der Waals surface area contributed by atoms with Crippen LogP contribution in [0, 0.1) is 0 Å². The molecule has 8 heteroatoms. The molecule has 2 aromatic carbocycles. The van der Waals surface area contributed by atoms with Crippen molar-refractivity contribution in [2.24, 2.45) is 0 Å². The first-order valence-corrected chi connectivity index (χ1v) is 12.2. The summed E-state index contributed by atoms with van der Waals surface area (Å²) in [7, 11) is 2.16. The van der Waals surface area contributed by atoms with Gasteiger partial charge < -0.3 is 15.1 Å². The van der Waals surface area contributed by atoms with Gasteiger partial charge in [-0.2, -0.15) is 0 Å². The molecule has 35 heavy (non-hydrogen) atoms. The molecule has 6 rings (SSSR count). The zero-order chi connectivity index (χ0) is 23.2. The minimum Gasteiger partial charge on any atom is -0.368 e. The minimum absolute atomic E-state index is 0. The molecule has 1 fully saturated rings. The van der Waals surface area contributed by atoms with Crippen LogP contribution in [0.1, 0.15) is 34.3 Å². The summed E-state index contributed by atoms with van der Waals surface area (Å²) < 4.78 is 0. The number of hydrogen-bond acceptors (Lipinski definition) is 5. The van der Waals surface area contributed by atoms with Gasteiger partial charge in [0.2, 0.25) is 0 Å². The number of anilines is 3. The number of amides is 2. The van der Waals surface area contributed by atoms with Crippen LogP contribution in [0.15, 0.2) is 42.6 Å². The molecule has 0 bridgehead atoms. The van der Waals surface area contributed by atoms with Crippen LogP contribution in [-0.4, -0.2) is 61.5 Å². The van der Waals surface area contributed by atoms with E-state index in [1.165, 1.54) is 5.69 Å². The molecule has 0 saturated carbocycles. The number of carbonyl (C=O) groups excluding carboxylic acids is 2. The maximum absolute atomic E-state index is 13.3. The topological polar surface area (TPSA) is 68.8 Å². The van der Waals surface area contributed by atoms with Gasteiger partial charge in [-0.3, -0.25) is 14.7 Å². The number of carbonyl (C=O) groups is 2. The fraction of sp³-hybridized carbons (Fsp3) is 0.370. The molecule has 2 aliphatic heterocycles. The Morgan fingerprint density at radius 1 is 0.914 bits per heavy atom. The Morgan fingerprint density at radius 2 is 1.74 bits per heavy atom. The fourth-order valence-corrected chi connectivity index (χ4v) is 5.46. The lowest BCUT2D eigenvalue weighted by molar-refractivity contribution is 0.0972. The van der Waals surface area contributed by atoms with Crippen molar-refractivity contribution >= 4 is 52.2 Å². The van der Waals surface area contributed by atoms with Gasteiger partial charge in [0.15, 0.2) is 5.78 Å². The maximum Gasteiger partial charge on any atom is 0.326 e. The lowest BCUT2D eigenvalue weighted by atomic mass is 9.90. The number of nitrogens with one attached hydrogen (secondary N) is 1. The van der Waals surface area contributed by atoms with Crippen LogP contribution in [0.2, 0.25) is 0 Å². The van der Waals surface area contributed by atoms with Crippen molar-refractivity contribution in [2.75, 3.05) is 54.9 Å². The molecular formula is C27H30ClN5O2. The van der Waals surface area contributed by atoms with E-state index in [1.807, 2.05) is 29.3 Å². The van der Waals surface area contributed by atoms with Gasteiger partial charge in [-0.1, -0.05) is 0 Å². The molecule has 182 valence electrons. The predicted molar refractivity (Wildman–Crippen MR) is 142 cm³/mol. The summed E-state index contributed by atoms with van der Waals surface area (Å²) in [6.07, 6.45) is 5.08. The van der Waals surface area contributed by atoms with Gasteiger partial charge in [0.25, 0.3) is 0 Å². The average Bonchev–Trinajstić information content (AvgIpc) is 3.26. The second-order valence-electron chi connectivity index (χ2n) is 9.60. The SMILES string of the molecule is CN1CCN(c2ccnc3cc4c(cc23)N(C(=O)Nc2ccc3c(c2)CCCC3=O)CC4)CC1.Cl. The highest BCUT2D eigenvalue weighted by molar-refractivity contribution is 6.06. The number of aromatic nitrogens is 1. The second kappa shape index (κ2) is 9.47. The number of aryl methyl sites for hydroxylation is 1. The molecule has 1 aliphatic carbocycles. The molecule has 0 atom stereocenters. The van der Waals surface area contributed by atoms with E-state index >= 15 is 0 Å². The highest BCUT2D eigenvalue weighted by Gasteiger charge is 2.27. The number of urea groups is 1. The summed E-state index contributed by atoms with van der Waals surface area (Å²) in [6, 6.07) is 11.9. The molecular weight excluding hydrogens is 462 g/mol. The van der Waals surface area contributed by atoms with E-state index in [9.17, 15) is 9.59 Å². The largest absolute Gasteiger partial charge is 0.368 e. The van der Waals surface area contributed by atoms with Gasteiger partial charge in [-0.05, 0) is 73.8 Å². The van der Waals surface area contributed by atoms with Crippen molar-refractivity contribution in [3.8, 4) is 0 Å². The van der Waals surface area contributed by atoms with E-state index in [4.69, 9.17) is 0 Å². The zero-order valence-corrected chi connectivity index (χ0v) is 20.7. The van der Waals surface area contributed by atoms with Crippen molar-refractivity contribution in [1.82, 2.24) is 9.88 Å². The predicted octanol–water partition coefficient (Wildman–Crippen LogP) is 4.52. The summed E-state index contributed by atoms with van der Waals surface area (Å²) in [5, 5.41) is 4.16. The van der Waals surface area contributed by atoms with Crippen molar-refractivity contribution in [2.45, 2.75) is 25.7 Å². The van der Waals surface area contributed by atoms with Gasteiger partial charge >= 0.3 is 6.03 Å². The Labute approximate surface area is 211 Å². The van der Waals surface area contributed by atoms with E-state index in [2.05, 4.69) is 45.3 Å². The number of piperazine rings is 1. The van der Waals surface area contributed by atoms with Crippen LogP contribution >= 0.6 is 12.4 Å². The molecule has 1 saturated heterocycles. The molecule has 3 aromatic rings. The third-order valence-corrected chi connectivity index (χ3v) is 7.41. The summed E-state index contributed by atoms with van der Waals surface area (Å²) in [5.74, 6) is 0.198. The number of Topliss-reactive ketones (excluding diaryl/α,β-unsaturated/α-hetero) is 1. The normalized spacial score (nSPS) is 17.7. The Bertz CT molecular complexity index is 1300. The van der Waals surface area contributed by atoms with Gasteiger partial charge in [-0.15, -0.1) is 12.4 Å². The van der Waals surface area contributed by atoms with E-state index in [1.54, 1.807) is 0 Å². The summed E-state index contributed by atoms with van der Waals surface area (Å²) >= 11 is 0. The summed E-state index contributed by atoms with van der Waals surface area (Å²) in [5.41, 5.74) is 6.86. The summed E-state index contributed by atoms with van der Waals surface area (Å²) in [6.45, 7) is 4.69. The lowest BCUT2D eigenvalue weighted by Crippen LogP contribution is -2.44. The average molecular weight is 492 g/mol. The molecule has 0 radical (unpaired) electrons. The van der Waals surface area contributed by atoms with Crippen LogP contribution in [-0.2, 0) is 12.8 Å². The fourth-order valence-electron chi connectivity index (χ4n) is 5.46. The van der Waals surface area contributed by atoms with Crippen LogP contribution < -0.4 is 15.1 Å². The number of nitrogens with zero attached hydrogens (tertiary/aromatic N) is 4. The van der Waals surface area contributed by atoms with E-state index in [-0.39, 0.29) is 24.2 Å². The third kappa shape index (κ3) is 4.34. The van der Waals surface area contributed by atoms with Gasteiger partial charge in [0.1, 0.15) is 0 Å². The number of rotatable bonds is 2. The first-order chi connectivity index (χ1) is 16.6. The van der Waals surface area contributed by atoms with Gasteiger partial charge in [-0.25, -0.2) is 4.79 Å². The summed E-state index contributed by atoms with van der Waals surface area (Å²) in [4.78, 5) is 36.6. The smallest absolute Gasteiger partial charge is 0.326 e. The van der Waals surface area contributed by atoms with Crippen LogP contribution in [0.25, 0.3) is 10.9 Å². The molecule has 0 unspecified atom stereocenters. The number of pyridine rings is 1. The molecule has 7 nitrogen and oxygen atoms in total. The van der Waals surface area contributed by atoms with Crippen LogP contribution in [0.4, 0.5) is 21.9 Å². The molecule has 0 spiro atoms. The number of fused-ring (bicyclic) bond motifs is 3. The number of halogens is 1. The van der Waals surface area contributed by atoms with Crippen LogP contribution in [0.5, 0.6) is 0 Å². The first-order valence-electron chi connectivity index (χ1n) is 12.2. The quantitative estimate of drug-likeness (QED) is 0.570. The van der Waals surface area contributed by atoms with Crippen molar-refractivity contribution in [3.63, 3.8) is 0 Å². The minimum atomic E-state index is -0.134. The lowest BCUT2D eigenvalue weighted by Gasteiger charge is -2.34. The highest BCUT2D eigenvalue weighted by Crippen LogP contribution is 2.36. The zero-order valence-electron chi connectivity index (χ0n) is 19.9. The van der Waals surface area contributed by atoms with Crippen LogP contribution in [0.3, 0.4) is 0 Å².